The molecular formula is C39H23N. The van der Waals surface area contributed by atoms with Crippen LogP contribution in [0.15, 0.2) is 140 Å². The van der Waals surface area contributed by atoms with Gasteiger partial charge in [-0.05, 0) is 106 Å². The molecule has 0 aromatic heterocycles. The molecule has 0 N–H and O–H groups in total. The van der Waals surface area contributed by atoms with Crippen LogP contribution in [0.4, 0.5) is 0 Å². The van der Waals surface area contributed by atoms with Crippen LogP contribution < -0.4 is 0 Å². The number of benzene rings is 8. The van der Waals surface area contributed by atoms with Gasteiger partial charge >= 0.3 is 0 Å². The highest BCUT2D eigenvalue weighted by Crippen LogP contribution is 2.43. The highest BCUT2D eigenvalue weighted by Gasteiger charge is 2.15. The van der Waals surface area contributed by atoms with Crippen LogP contribution in [-0.4, -0.2) is 0 Å². The number of nitriles is 1. The molecule has 0 bridgehead atoms. The normalized spacial score (nSPS) is 11.5. The Hall–Kier alpha value is -5.45. The molecule has 1 nitrogen and oxygen atoms in total. The summed E-state index contributed by atoms with van der Waals surface area (Å²) >= 11 is 0. The molecule has 40 heavy (non-hydrogen) atoms. The molecule has 0 amide bonds. The SMILES string of the molecule is N#Cc1cccc(-c2ccc3cc(-c4cc5c6ccccc6c6ccccc6c5c5ccccc45)ccc3c2)c1. The fourth-order valence-electron chi connectivity index (χ4n) is 6.37. The van der Waals surface area contributed by atoms with Gasteiger partial charge in [-0.25, -0.2) is 0 Å². The van der Waals surface area contributed by atoms with Crippen LogP contribution in [0.3, 0.4) is 0 Å². The predicted octanol–water partition coefficient (Wildman–Crippen LogP) is 10.7. The molecule has 0 aliphatic carbocycles. The molecule has 0 unspecified atom stereocenters. The molecule has 8 aromatic rings. The van der Waals surface area contributed by atoms with Crippen molar-refractivity contribution in [2.45, 2.75) is 0 Å². The van der Waals surface area contributed by atoms with E-state index in [9.17, 15) is 5.26 Å². The monoisotopic (exact) mass is 505 g/mol. The first kappa shape index (κ1) is 22.5. The molecule has 1 heteroatoms. The lowest BCUT2D eigenvalue weighted by atomic mass is 9.87. The van der Waals surface area contributed by atoms with E-state index in [1.807, 2.05) is 18.2 Å². The number of rotatable bonds is 2. The van der Waals surface area contributed by atoms with Crippen LogP contribution in [0, 0.1) is 11.3 Å². The summed E-state index contributed by atoms with van der Waals surface area (Å²) in [6, 6.07) is 52.2. The van der Waals surface area contributed by atoms with Gasteiger partial charge in [-0.3, -0.25) is 0 Å². The van der Waals surface area contributed by atoms with Gasteiger partial charge in [0.15, 0.2) is 0 Å². The van der Waals surface area contributed by atoms with Gasteiger partial charge in [-0.2, -0.15) is 5.26 Å². The molecule has 0 aliphatic heterocycles. The summed E-state index contributed by atoms with van der Waals surface area (Å²) in [5, 5.41) is 22.0. The molecule has 0 saturated heterocycles. The van der Waals surface area contributed by atoms with Crippen molar-refractivity contribution in [2.75, 3.05) is 0 Å². The van der Waals surface area contributed by atoms with Crippen LogP contribution in [-0.2, 0) is 0 Å². The largest absolute Gasteiger partial charge is 0.192 e. The minimum atomic E-state index is 0.677. The van der Waals surface area contributed by atoms with Gasteiger partial charge in [-0.1, -0.05) is 109 Å². The highest BCUT2D eigenvalue weighted by atomic mass is 14.2. The molecule has 8 rings (SSSR count). The van der Waals surface area contributed by atoms with Crippen LogP contribution in [0.2, 0.25) is 0 Å². The second-order valence-corrected chi connectivity index (χ2v) is 10.5. The summed E-state index contributed by atoms with van der Waals surface area (Å²) in [5.41, 5.74) is 5.31. The summed E-state index contributed by atoms with van der Waals surface area (Å²) in [5.74, 6) is 0. The molecular weight excluding hydrogens is 482 g/mol. The average Bonchev–Trinajstić information content (AvgIpc) is 3.03. The van der Waals surface area contributed by atoms with E-state index in [-0.39, 0.29) is 0 Å². The third-order valence-corrected chi connectivity index (χ3v) is 8.22. The minimum Gasteiger partial charge on any atom is -0.192 e. The van der Waals surface area contributed by atoms with Gasteiger partial charge in [0, 0.05) is 0 Å². The Labute approximate surface area is 232 Å². The molecule has 0 radical (unpaired) electrons. The smallest absolute Gasteiger partial charge is 0.0991 e. The van der Waals surface area contributed by atoms with Crippen molar-refractivity contribution in [3.05, 3.63) is 145 Å². The lowest BCUT2D eigenvalue weighted by Gasteiger charge is -2.16. The van der Waals surface area contributed by atoms with Crippen molar-refractivity contribution in [3.63, 3.8) is 0 Å². The lowest BCUT2D eigenvalue weighted by molar-refractivity contribution is 1.48. The maximum absolute atomic E-state index is 9.32. The first-order chi connectivity index (χ1) is 19.8. The van der Waals surface area contributed by atoms with Crippen LogP contribution in [0.1, 0.15) is 5.56 Å². The Morgan fingerprint density at radius 3 is 1.60 bits per heavy atom. The molecule has 184 valence electrons. The molecule has 8 aromatic carbocycles. The summed E-state index contributed by atoms with van der Waals surface area (Å²) < 4.78 is 0. The number of hydrogen-bond donors (Lipinski definition) is 0. The van der Waals surface area contributed by atoms with Gasteiger partial charge in [0.05, 0.1) is 11.6 Å². The number of fused-ring (bicyclic) bond motifs is 9. The highest BCUT2D eigenvalue weighted by molar-refractivity contribution is 6.33. The van der Waals surface area contributed by atoms with Crippen molar-refractivity contribution in [1.82, 2.24) is 0 Å². The third-order valence-electron chi connectivity index (χ3n) is 8.22. The van der Waals surface area contributed by atoms with Crippen molar-refractivity contribution in [3.8, 4) is 28.3 Å². The second-order valence-electron chi connectivity index (χ2n) is 10.5. The zero-order chi connectivity index (χ0) is 26.6. The predicted molar refractivity (Wildman–Crippen MR) is 170 cm³/mol. The van der Waals surface area contributed by atoms with E-state index in [1.165, 1.54) is 65.0 Å². The van der Waals surface area contributed by atoms with E-state index in [1.54, 1.807) is 0 Å². The molecule has 0 spiro atoms. The van der Waals surface area contributed by atoms with Crippen LogP contribution in [0.5, 0.6) is 0 Å². The third kappa shape index (κ3) is 3.40. The Bertz CT molecular complexity index is 2340. The fourth-order valence-corrected chi connectivity index (χ4v) is 6.37. The maximum Gasteiger partial charge on any atom is 0.0991 e. The quantitative estimate of drug-likeness (QED) is 0.214. The average molecular weight is 506 g/mol. The van der Waals surface area contributed by atoms with Crippen LogP contribution in [0.25, 0.3) is 76.1 Å². The van der Waals surface area contributed by atoms with E-state index in [0.717, 1.165) is 11.1 Å². The van der Waals surface area contributed by atoms with E-state index in [2.05, 4.69) is 127 Å². The summed E-state index contributed by atoms with van der Waals surface area (Å²) in [6.07, 6.45) is 0. The number of hydrogen-bond acceptors (Lipinski definition) is 1. The molecule has 0 heterocycles. The topological polar surface area (TPSA) is 23.8 Å². The number of nitrogens with zero attached hydrogens (tertiary/aromatic N) is 1. The molecule has 0 atom stereocenters. The van der Waals surface area contributed by atoms with Gasteiger partial charge in [-0.15, -0.1) is 0 Å². The van der Waals surface area contributed by atoms with Crippen molar-refractivity contribution >= 4 is 53.9 Å². The van der Waals surface area contributed by atoms with E-state index >= 15 is 0 Å². The minimum absolute atomic E-state index is 0.677. The fraction of sp³-hybridized carbons (Fsp3) is 0. The lowest BCUT2D eigenvalue weighted by Crippen LogP contribution is -1.89. The van der Waals surface area contributed by atoms with Crippen molar-refractivity contribution in [2.24, 2.45) is 0 Å². The first-order valence-electron chi connectivity index (χ1n) is 13.6. The van der Waals surface area contributed by atoms with E-state index in [0.29, 0.717) is 5.56 Å². The van der Waals surface area contributed by atoms with E-state index < -0.39 is 0 Å². The summed E-state index contributed by atoms with van der Waals surface area (Å²) in [7, 11) is 0. The van der Waals surface area contributed by atoms with Gasteiger partial charge in [0.1, 0.15) is 0 Å². The maximum atomic E-state index is 9.32. The van der Waals surface area contributed by atoms with Crippen LogP contribution >= 0.6 is 0 Å². The zero-order valence-corrected chi connectivity index (χ0v) is 21.7. The molecule has 0 fully saturated rings. The standard InChI is InChI=1S/C39H23N/c40-24-25-8-7-9-26(20-25)27-16-17-29-22-30(19-18-28(29)21-27)37-23-38-33-12-2-1-10-31(33)32-11-3-5-14-35(32)39(38)36-15-6-4-13-34(36)37/h1-23H. The Kier molecular flexibility index (Phi) is 4.96. The van der Waals surface area contributed by atoms with Gasteiger partial charge in [0.2, 0.25) is 0 Å². The molecule has 0 aliphatic rings. The summed E-state index contributed by atoms with van der Waals surface area (Å²) in [6.45, 7) is 0. The first-order valence-corrected chi connectivity index (χ1v) is 13.6. The van der Waals surface area contributed by atoms with Crippen molar-refractivity contribution in [1.29, 1.82) is 5.26 Å². The van der Waals surface area contributed by atoms with Gasteiger partial charge in [0.25, 0.3) is 0 Å². The van der Waals surface area contributed by atoms with E-state index in [4.69, 9.17) is 0 Å². The van der Waals surface area contributed by atoms with Gasteiger partial charge < -0.3 is 0 Å². The van der Waals surface area contributed by atoms with Crippen molar-refractivity contribution < 1.29 is 0 Å². The second kappa shape index (κ2) is 8.80. The Balaban J connectivity index is 1.39. The molecule has 0 saturated carbocycles. The zero-order valence-electron chi connectivity index (χ0n) is 21.7. The Morgan fingerprint density at radius 1 is 0.375 bits per heavy atom. The Morgan fingerprint density at radius 2 is 0.900 bits per heavy atom. The summed E-state index contributed by atoms with van der Waals surface area (Å²) in [4.78, 5) is 0.